The SMILES string of the molecule is CC/C=C\CCCC(=O)C(=O)O. The second-order valence-electron chi connectivity index (χ2n) is 2.50. The maximum atomic E-state index is 10.6. The molecule has 0 amide bonds. The van der Waals surface area contributed by atoms with E-state index in [1.807, 2.05) is 19.1 Å². The minimum atomic E-state index is -1.32. The fraction of sp³-hybridized carbons (Fsp3) is 0.556. The largest absolute Gasteiger partial charge is 0.476 e. The van der Waals surface area contributed by atoms with Crippen molar-refractivity contribution in [3.05, 3.63) is 12.2 Å². The first-order chi connectivity index (χ1) is 5.68. The van der Waals surface area contributed by atoms with Crippen molar-refractivity contribution in [1.82, 2.24) is 0 Å². The van der Waals surface area contributed by atoms with E-state index in [4.69, 9.17) is 5.11 Å². The second-order valence-corrected chi connectivity index (χ2v) is 2.50. The van der Waals surface area contributed by atoms with Gasteiger partial charge in [-0.1, -0.05) is 19.1 Å². The third kappa shape index (κ3) is 5.65. The Kier molecular flexibility index (Phi) is 5.97. The minimum absolute atomic E-state index is 0.142. The van der Waals surface area contributed by atoms with E-state index in [-0.39, 0.29) is 6.42 Å². The van der Waals surface area contributed by atoms with Crippen molar-refractivity contribution in [3.8, 4) is 0 Å². The zero-order valence-electron chi connectivity index (χ0n) is 7.25. The zero-order valence-corrected chi connectivity index (χ0v) is 7.25. The van der Waals surface area contributed by atoms with Crippen LogP contribution in [0.5, 0.6) is 0 Å². The van der Waals surface area contributed by atoms with Gasteiger partial charge < -0.3 is 5.11 Å². The Balaban J connectivity index is 3.38. The molecular weight excluding hydrogens is 156 g/mol. The standard InChI is InChI=1S/C9H14O3/c1-2-3-4-5-6-7-8(10)9(11)12/h3-4H,2,5-7H2,1H3,(H,11,12)/b4-3-. The van der Waals surface area contributed by atoms with E-state index in [1.165, 1.54) is 0 Å². The lowest BCUT2D eigenvalue weighted by atomic mass is 10.1. The summed E-state index contributed by atoms with van der Waals surface area (Å²) in [5.41, 5.74) is 0. The zero-order chi connectivity index (χ0) is 9.40. The van der Waals surface area contributed by atoms with Crippen LogP contribution in [0.3, 0.4) is 0 Å². The van der Waals surface area contributed by atoms with Crippen LogP contribution >= 0.6 is 0 Å². The summed E-state index contributed by atoms with van der Waals surface area (Å²) in [7, 11) is 0. The minimum Gasteiger partial charge on any atom is -0.476 e. The van der Waals surface area contributed by atoms with Crippen LogP contribution in [0, 0.1) is 0 Å². The summed E-state index contributed by atoms with van der Waals surface area (Å²) in [4.78, 5) is 20.6. The summed E-state index contributed by atoms with van der Waals surface area (Å²) in [5.74, 6) is -2.02. The molecule has 68 valence electrons. The predicted octanol–water partition coefficient (Wildman–Crippen LogP) is 1.78. The van der Waals surface area contributed by atoms with E-state index in [1.54, 1.807) is 0 Å². The molecule has 0 saturated carbocycles. The van der Waals surface area contributed by atoms with Gasteiger partial charge in [0.2, 0.25) is 5.78 Å². The van der Waals surface area contributed by atoms with Gasteiger partial charge in [-0.3, -0.25) is 4.79 Å². The Hall–Kier alpha value is -1.12. The van der Waals surface area contributed by atoms with Crippen molar-refractivity contribution in [1.29, 1.82) is 0 Å². The van der Waals surface area contributed by atoms with Gasteiger partial charge in [-0.2, -0.15) is 0 Å². The van der Waals surface area contributed by atoms with Crippen molar-refractivity contribution in [2.24, 2.45) is 0 Å². The van der Waals surface area contributed by atoms with Gasteiger partial charge in [0.1, 0.15) is 0 Å². The van der Waals surface area contributed by atoms with Gasteiger partial charge in [-0.05, 0) is 19.3 Å². The molecule has 0 atom stereocenters. The third-order valence-electron chi connectivity index (χ3n) is 1.42. The number of Topliss-reactive ketones (excluding diaryl/α,β-unsaturated/α-hetero) is 1. The van der Waals surface area contributed by atoms with Gasteiger partial charge in [0.25, 0.3) is 0 Å². The van der Waals surface area contributed by atoms with Gasteiger partial charge >= 0.3 is 5.97 Å². The summed E-state index contributed by atoms with van der Waals surface area (Å²) in [6.07, 6.45) is 6.51. The average molecular weight is 170 g/mol. The maximum absolute atomic E-state index is 10.6. The topological polar surface area (TPSA) is 54.4 Å². The summed E-state index contributed by atoms with van der Waals surface area (Å²) in [6.45, 7) is 2.03. The van der Waals surface area contributed by atoms with Crippen molar-refractivity contribution in [3.63, 3.8) is 0 Å². The van der Waals surface area contributed by atoms with E-state index in [0.29, 0.717) is 6.42 Å². The number of aliphatic carboxylic acids is 1. The summed E-state index contributed by atoms with van der Waals surface area (Å²) >= 11 is 0. The summed E-state index contributed by atoms with van der Waals surface area (Å²) in [5, 5.41) is 8.22. The molecule has 12 heavy (non-hydrogen) atoms. The van der Waals surface area contributed by atoms with Crippen LogP contribution in [0.15, 0.2) is 12.2 Å². The van der Waals surface area contributed by atoms with Crippen LogP contribution in [-0.4, -0.2) is 16.9 Å². The highest BCUT2D eigenvalue weighted by Gasteiger charge is 2.08. The van der Waals surface area contributed by atoms with E-state index < -0.39 is 11.8 Å². The third-order valence-corrected chi connectivity index (χ3v) is 1.42. The first kappa shape index (κ1) is 10.9. The number of carbonyl (C=O) groups excluding carboxylic acids is 1. The van der Waals surface area contributed by atoms with Crippen LogP contribution in [0.25, 0.3) is 0 Å². The molecule has 3 nitrogen and oxygen atoms in total. The molecule has 0 fully saturated rings. The molecule has 0 unspecified atom stereocenters. The normalized spacial score (nSPS) is 10.4. The molecular formula is C9H14O3. The Morgan fingerprint density at radius 3 is 2.50 bits per heavy atom. The highest BCUT2D eigenvalue weighted by atomic mass is 16.4. The Bertz CT molecular complexity index is 182. The number of ketones is 1. The van der Waals surface area contributed by atoms with Crippen molar-refractivity contribution < 1.29 is 14.7 Å². The molecule has 0 saturated heterocycles. The van der Waals surface area contributed by atoms with E-state index in [0.717, 1.165) is 12.8 Å². The predicted molar refractivity (Wildman–Crippen MR) is 45.9 cm³/mol. The average Bonchev–Trinajstić information content (AvgIpc) is 2.03. The van der Waals surface area contributed by atoms with Crippen molar-refractivity contribution in [2.75, 3.05) is 0 Å². The van der Waals surface area contributed by atoms with Gasteiger partial charge in [-0.15, -0.1) is 0 Å². The number of carboxylic acids is 1. The molecule has 1 N–H and O–H groups in total. The number of unbranched alkanes of at least 4 members (excludes halogenated alkanes) is 1. The molecule has 0 heterocycles. The fourth-order valence-electron chi connectivity index (χ4n) is 0.772. The molecule has 0 radical (unpaired) electrons. The Morgan fingerprint density at radius 2 is 2.00 bits per heavy atom. The van der Waals surface area contributed by atoms with Crippen LogP contribution < -0.4 is 0 Å². The lowest BCUT2D eigenvalue weighted by Gasteiger charge is -1.91. The molecule has 0 bridgehead atoms. The summed E-state index contributed by atoms with van der Waals surface area (Å²) < 4.78 is 0. The molecule has 0 aliphatic heterocycles. The molecule has 0 aliphatic rings. The molecule has 0 aromatic heterocycles. The number of rotatable bonds is 6. The van der Waals surface area contributed by atoms with E-state index in [2.05, 4.69) is 0 Å². The highest BCUT2D eigenvalue weighted by molar-refractivity contribution is 6.32. The summed E-state index contributed by atoms with van der Waals surface area (Å²) in [6, 6.07) is 0. The second kappa shape index (κ2) is 6.58. The maximum Gasteiger partial charge on any atom is 0.372 e. The first-order valence-electron chi connectivity index (χ1n) is 4.09. The van der Waals surface area contributed by atoms with Crippen LogP contribution in [0.4, 0.5) is 0 Å². The highest BCUT2D eigenvalue weighted by Crippen LogP contribution is 1.98. The molecule has 0 aliphatic carbocycles. The van der Waals surface area contributed by atoms with Crippen molar-refractivity contribution >= 4 is 11.8 Å². The van der Waals surface area contributed by atoms with Gasteiger partial charge in [-0.25, -0.2) is 4.79 Å². The fourth-order valence-corrected chi connectivity index (χ4v) is 0.772. The number of carboxylic acid groups (broad SMARTS) is 1. The van der Waals surface area contributed by atoms with Crippen LogP contribution in [-0.2, 0) is 9.59 Å². The lowest BCUT2D eigenvalue weighted by molar-refractivity contribution is -0.149. The van der Waals surface area contributed by atoms with E-state index in [9.17, 15) is 9.59 Å². The van der Waals surface area contributed by atoms with Gasteiger partial charge in [0, 0.05) is 6.42 Å². The molecule has 0 spiro atoms. The lowest BCUT2D eigenvalue weighted by Crippen LogP contribution is -2.11. The quantitative estimate of drug-likeness (QED) is 0.375. The molecule has 0 aromatic carbocycles. The van der Waals surface area contributed by atoms with Gasteiger partial charge in [0.05, 0.1) is 0 Å². The Labute approximate surface area is 72.1 Å². The smallest absolute Gasteiger partial charge is 0.372 e. The number of hydrogen-bond donors (Lipinski definition) is 1. The molecule has 0 rings (SSSR count). The first-order valence-corrected chi connectivity index (χ1v) is 4.09. The monoisotopic (exact) mass is 170 g/mol. The Morgan fingerprint density at radius 1 is 1.33 bits per heavy atom. The van der Waals surface area contributed by atoms with Crippen molar-refractivity contribution in [2.45, 2.75) is 32.6 Å². The van der Waals surface area contributed by atoms with Crippen LogP contribution in [0.1, 0.15) is 32.6 Å². The van der Waals surface area contributed by atoms with Crippen LogP contribution in [0.2, 0.25) is 0 Å². The molecule has 3 heteroatoms. The number of hydrogen-bond acceptors (Lipinski definition) is 2. The number of carbonyl (C=O) groups is 2. The van der Waals surface area contributed by atoms with E-state index >= 15 is 0 Å². The molecule has 0 aromatic rings. The number of allylic oxidation sites excluding steroid dienone is 2. The van der Waals surface area contributed by atoms with Gasteiger partial charge in [0.15, 0.2) is 0 Å².